The summed E-state index contributed by atoms with van der Waals surface area (Å²) < 4.78 is 35.6. The predicted octanol–water partition coefficient (Wildman–Crippen LogP) is 6.20. The van der Waals surface area contributed by atoms with Gasteiger partial charge in [-0.05, 0) is 123 Å². The molecular formula is C34H43ClN2O6S. The van der Waals surface area contributed by atoms with E-state index in [0.29, 0.717) is 30.6 Å². The van der Waals surface area contributed by atoms with E-state index in [1.165, 1.54) is 11.1 Å². The van der Waals surface area contributed by atoms with Crippen LogP contribution in [0, 0.1) is 23.7 Å². The van der Waals surface area contributed by atoms with Gasteiger partial charge in [-0.2, -0.15) is 0 Å². The molecule has 0 saturated heterocycles. The number of rotatable bonds is 2. The number of carbonyl (C=O) groups excluding carboxylic acids is 1. The molecule has 1 saturated carbocycles. The molecule has 4 aliphatic rings. The lowest BCUT2D eigenvalue weighted by molar-refractivity contribution is -0.138. The minimum absolute atomic E-state index is 0.0180. The highest BCUT2D eigenvalue weighted by molar-refractivity contribution is 7.90. The number of ether oxygens (including phenoxy) is 1. The molecule has 1 spiro atoms. The van der Waals surface area contributed by atoms with Crippen LogP contribution in [0.15, 0.2) is 36.4 Å². The van der Waals surface area contributed by atoms with Gasteiger partial charge in [-0.3, -0.25) is 9.59 Å². The Balaban J connectivity index is 1.39. The maximum absolute atomic E-state index is 13.4. The number of hydrogen-bond acceptors (Lipinski definition) is 6. The Kier molecular flexibility index (Phi) is 8.65. The number of nitrogens with one attached hydrogen (secondary N) is 1. The molecule has 0 unspecified atom stereocenters. The third-order valence-corrected chi connectivity index (χ3v) is 13.1. The number of aliphatic carboxylic acids is 1. The standard InChI is InChI=1S/C34H43ClN2O6S/c1-21-14-23(15-32(38)39)5-6-24-7-8-27(24)18-37-19-34(13-3-4-25-16-28(35)10-11-29(25)34)20-43-31-12-9-26(17-30(31)37)33(40)36-44(41,42)22(21)2/h9-12,16-17,21-24,27H,3-8,13-15,18-20H2,1-2H3,(H,36,40)(H,38,39)/t21-,22+,23-,24+,27-,34-/m0/s1. The molecule has 2 bridgehead atoms. The first kappa shape index (κ1) is 31.2. The topological polar surface area (TPSA) is 113 Å². The van der Waals surface area contributed by atoms with Crippen LogP contribution in [0.5, 0.6) is 5.75 Å². The maximum Gasteiger partial charge on any atom is 0.303 e. The molecule has 6 rings (SSSR count). The van der Waals surface area contributed by atoms with Gasteiger partial charge in [0.2, 0.25) is 10.0 Å². The number of anilines is 1. The fourth-order valence-corrected chi connectivity index (χ4v) is 9.58. The number of fused-ring (bicyclic) bond motifs is 4. The van der Waals surface area contributed by atoms with Crippen LogP contribution in [0.4, 0.5) is 5.69 Å². The Morgan fingerprint density at radius 1 is 1.11 bits per heavy atom. The Hall–Kier alpha value is -2.78. The Bertz CT molecular complexity index is 1550. The third-order valence-electron chi connectivity index (χ3n) is 11.0. The van der Waals surface area contributed by atoms with Crippen LogP contribution in [0.3, 0.4) is 0 Å². The number of benzene rings is 2. The van der Waals surface area contributed by atoms with E-state index in [1.807, 2.05) is 13.0 Å². The van der Waals surface area contributed by atoms with E-state index in [2.05, 4.69) is 21.8 Å². The number of hydrogen-bond donors (Lipinski definition) is 2. The van der Waals surface area contributed by atoms with E-state index in [0.717, 1.165) is 68.7 Å². The van der Waals surface area contributed by atoms with E-state index in [1.54, 1.807) is 25.1 Å². The Labute approximate surface area is 265 Å². The summed E-state index contributed by atoms with van der Waals surface area (Å²) in [5.41, 5.74) is 3.36. The van der Waals surface area contributed by atoms with Crippen LogP contribution in [0.2, 0.25) is 5.02 Å². The van der Waals surface area contributed by atoms with Gasteiger partial charge in [-0.25, -0.2) is 13.1 Å². The van der Waals surface area contributed by atoms with E-state index in [9.17, 15) is 23.1 Å². The van der Waals surface area contributed by atoms with Crippen molar-refractivity contribution in [1.29, 1.82) is 0 Å². The van der Waals surface area contributed by atoms with Crippen LogP contribution >= 0.6 is 11.6 Å². The average molecular weight is 643 g/mol. The van der Waals surface area contributed by atoms with Gasteiger partial charge < -0.3 is 14.7 Å². The summed E-state index contributed by atoms with van der Waals surface area (Å²) >= 11 is 6.40. The van der Waals surface area contributed by atoms with Crippen molar-refractivity contribution < 1.29 is 27.9 Å². The van der Waals surface area contributed by atoms with Gasteiger partial charge in [0.1, 0.15) is 5.75 Å². The number of carboxylic acids is 1. The van der Waals surface area contributed by atoms with Gasteiger partial charge in [0.25, 0.3) is 5.91 Å². The summed E-state index contributed by atoms with van der Waals surface area (Å²) in [6, 6.07) is 11.4. The quantitative estimate of drug-likeness (QED) is 0.401. The summed E-state index contributed by atoms with van der Waals surface area (Å²) in [4.78, 5) is 27.6. The van der Waals surface area contributed by atoms with Crippen LogP contribution in [-0.2, 0) is 26.7 Å². The van der Waals surface area contributed by atoms with Crippen molar-refractivity contribution in [3.63, 3.8) is 0 Å². The Morgan fingerprint density at radius 3 is 2.64 bits per heavy atom. The molecule has 44 heavy (non-hydrogen) atoms. The molecular weight excluding hydrogens is 600 g/mol. The monoisotopic (exact) mass is 642 g/mol. The van der Waals surface area contributed by atoms with Gasteiger partial charge in [-0.1, -0.05) is 24.6 Å². The SMILES string of the molecule is C[C@@H]1[C@@H](C)C[C@@H](CC(=O)O)CC[C@@H]2CC[C@H]2CN2C[C@@]3(CCCc4cc(Cl)ccc43)COc3ccc(cc32)C(=O)NS1(=O)=O. The van der Waals surface area contributed by atoms with E-state index < -0.39 is 27.1 Å². The molecule has 1 amide bonds. The van der Waals surface area contributed by atoms with E-state index >= 15 is 0 Å². The second-order valence-electron chi connectivity index (χ2n) is 13.8. The zero-order chi connectivity index (χ0) is 31.2. The number of sulfonamides is 1. The van der Waals surface area contributed by atoms with Crippen molar-refractivity contribution in [1.82, 2.24) is 4.72 Å². The zero-order valence-electron chi connectivity index (χ0n) is 25.6. The molecule has 1 fully saturated rings. The molecule has 10 heteroatoms. The van der Waals surface area contributed by atoms with Crippen LogP contribution < -0.4 is 14.4 Å². The summed E-state index contributed by atoms with van der Waals surface area (Å²) in [6.07, 6.45) is 7.36. The van der Waals surface area contributed by atoms with E-state index in [-0.39, 0.29) is 29.2 Å². The number of amides is 1. The molecule has 2 aromatic rings. The summed E-state index contributed by atoms with van der Waals surface area (Å²) in [7, 11) is -4.00. The molecule has 2 aliphatic heterocycles. The maximum atomic E-state index is 13.4. The van der Waals surface area contributed by atoms with Crippen LogP contribution in [-0.4, -0.2) is 50.3 Å². The van der Waals surface area contributed by atoms with Gasteiger partial charge in [-0.15, -0.1) is 0 Å². The lowest BCUT2D eigenvalue weighted by atomic mass is 9.68. The summed E-state index contributed by atoms with van der Waals surface area (Å²) in [5, 5.41) is 9.51. The minimum Gasteiger partial charge on any atom is -0.490 e. The molecule has 0 aromatic heterocycles. The average Bonchev–Trinajstić information content (AvgIpc) is 3.10. The second kappa shape index (κ2) is 12.2. The van der Waals surface area contributed by atoms with Gasteiger partial charge in [0, 0.05) is 35.5 Å². The van der Waals surface area contributed by atoms with Crippen molar-refractivity contribution in [2.45, 2.75) is 82.3 Å². The molecule has 2 heterocycles. The normalized spacial score (nSPS) is 31.8. The number of halogens is 1. The fraction of sp³-hybridized carbons (Fsp3) is 0.588. The minimum atomic E-state index is -4.00. The first-order chi connectivity index (χ1) is 20.9. The number of nitrogens with zero attached hydrogens (tertiary/aromatic N) is 1. The largest absolute Gasteiger partial charge is 0.490 e. The predicted molar refractivity (Wildman–Crippen MR) is 171 cm³/mol. The molecule has 0 radical (unpaired) electrons. The molecule has 238 valence electrons. The van der Waals surface area contributed by atoms with Gasteiger partial charge in [0.05, 0.1) is 17.5 Å². The van der Waals surface area contributed by atoms with Gasteiger partial charge in [0.15, 0.2) is 0 Å². The van der Waals surface area contributed by atoms with Crippen molar-refractivity contribution >= 4 is 39.2 Å². The van der Waals surface area contributed by atoms with Crippen molar-refractivity contribution in [2.75, 3.05) is 24.6 Å². The van der Waals surface area contributed by atoms with E-state index in [4.69, 9.17) is 16.3 Å². The lowest BCUT2D eigenvalue weighted by Crippen LogP contribution is -2.48. The highest BCUT2D eigenvalue weighted by Crippen LogP contribution is 2.47. The Morgan fingerprint density at radius 2 is 1.89 bits per heavy atom. The first-order valence-corrected chi connectivity index (χ1v) is 17.9. The first-order valence-electron chi connectivity index (χ1n) is 16.0. The number of aryl methyl sites for hydroxylation is 1. The van der Waals surface area contributed by atoms with Crippen molar-refractivity contribution in [2.24, 2.45) is 23.7 Å². The molecule has 2 aromatic carbocycles. The van der Waals surface area contributed by atoms with Crippen molar-refractivity contribution in [3.8, 4) is 5.75 Å². The summed E-state index contributed by atoms with van der Waals surface area (Å²) in [6.45, 7) is 5.46. The molecule has 2 N–H and O–H groups in total. The molecule has 6 atom stereocenters. The fourth-order valence-electron chi connectivity index (χ4n) is 8.10. The lowest BCUT2D eigenvalue weighted by Gasteiger charge is -2.45. The van der Waals surface area contributed by atoms with Crippen LogP contribution in [0.1, 0.15) is 86.7 Å². The van der Waals surface area contributed by atoms with Crippen molar-refractivity contribution in [3.05, 3.63) is 58.1 Å². The highest BCUT2D eigenvalue weighted by atomic mass is 35.5. The highest BCUT2D eigenvalue weighted by Gasteiger charge is 2.44. The zero-order valence-corrected chi connectivity index (χ0v) is 27.1. The molecule has 2 aliphatic carbocycles. The van der Waals surface area contributed by atoms with Crippen LogP contribution in [0.25, 0.3) is 0 Å². The second-order valence-corrected chi connectivity index (χ2v) is 16.3. The number of carboxylic acid groups (broad SMARTS) is 1. The van der Waals surface area contributed by atoms with Gasteiger partial charge >= 0.3 is 5.97 Å². The summed E-state index contributed by atoms with van der Waals surface area (Å²) in [5.74, 6) is -0.343. The third kappa shape index (κ3) is 6.19. The number of carbonyl (C=O) groups is 2. The molecule has 8 nitrogen and oxygen atoms in total. The smallest absolute Gasteiger partial charge is 0.303 e.